The number of rotatable bonds is 3. The van der Waals surface area contributed by atoms with E-state index in [4.69, 9.17) is 5.21 Å². The Hall–Kier alpha value is -2.08. The van der Waals surface area contributed by atoms with Gasteiger partial charge in [0.2, 0.25) is 0 Å². The normalized spacial score (nSPS) is 29.8. The number of phenolic OH excluding ortho intramolecular Hbond substituents is 1. The number of hydrazine groups is 1. The molecule has 6 nitrogen and oxygen atoms in total. The zero-order chi connectivity index (χ0) is 14.1. The van der Waals surface area contributed by atoms with Gasteiger partial charge >= 0.3 is 0 Å². The number of amides is 1. The van der Waals surface area contributed by atoms with Gasteiger partial charge in [-0.1, -0.05) is 17.3 Å². The van der Waals surface area contributed by atoms with Crippen LogP contribution in [0.25, 0.3) is 0 Å². The molecule has 1 aromatic carbocycles. The third-order valence-corrected chi connectivity index (χ3v) is 4.29. The predicted molar refractivity (Wildman–Crippen MR) is 72.5 cm³/mol. The number of oxime groups is 1. The second kappa shape index (κ2) is 5.13. The molecule has 0 heterocycles. The SMILES string of the molecule is O=C(NN[C@H]1/C(=N/O)[C@H]2CC[C@@H]1C2)c1ccccc1O. The summed E-state index contributed by atoms with van der Waals surface area (Å²) in [5.74, 6) is 0.263. The van der Waals surface area contributed by atoms with E-state index in [0.717, 1.165) is 25.0 Å². The lowest BCUT2D eigenvalue weighted by Crippen LogP contribution is -2.50. The highest BCUT2D eigenvalue weighted by Crippen LogP contribution is 2.42. The van der Waals surface area contributed by atoms with E-state index < -0.39 is 5.91 Å². The highest BCUT2D eigenvalue weighted by molar-refractivity contribution is 5.98. The van der Waals surface area contributed by atoms with Crippen LogP contribution in [-0.4, -0.2) is 28.0 Å². The first-order valence-corrected chi connectivity index (χ1v) is 6.76. The number of phenols is 1. The van der Waals surface area contributed by atoms with Crippen LogP contribution in [0, 0.1) is 11.8 Å². The topological polar surface area (TPSA) is 94.0 Å². The van der Waals surface area contributed by atoms with Crippen LogP contribution in [0.1, 0.15) is 29.6 Å². The highest BCUT2D eigenvalue weighted by atomic mass is 16.4. The average molecular weight is 275 g/mol. The Morgan fingerprint density at radius 2 is 2.10 bits per heavy atom. The molecule has 2 aliphatic rings. The van der Waals surface area contributed by atoms with Crippen LogP contribution in [0.4, 0.5) is 0 Å². The summed E-state index contributed by atoms with van der Waals surface area (Å²) >= 11 is 0. The molecule has 6 heteroatoms. The van der Waals surface area contributed by atoms with Gasteiger partial charge in [0.05, 0.1) is 17.3 Å². The number of para-hydroxylation sites is 1. The van der Waals surface area contributed by atoms with E-state index in [9.17, 15) is 9.90 Å². The van der Waals surface area contributed by atoms with E-state index >= 15 is 0 Å². The Morgan fingerprint density at radius 3 is 2.85 bits per heavy atom. The van der Waals surface area contributed by atoms with Gasteiger partial charge in [-0.25, -0.2) is 5.43 Å². The standard InChI is InChI=1S/C14H17N3O3/c18-11-4-2-1-3-10(11)14(19)16-15-12-8-5-6-9(7-8)13(12)17-20/h1-4,8-9,12,15,18,20H,5-7H2,(H,16,19)/b17-13+/t8-,9+,12-/m1/s1. The molecule has 0 aromatic heterocycles. The number of benzene rings is 1. The summed E-state index contributed by atoms with van der Waals surface area (Å²) in [7, 11) is 0. The smallest absolute Gasteiger partial charge is 0.269 e. The van der Waals surface area contributed by atoms with Crippen molar-refractivity contribution >= 4 is 11.6 Å². The summed E-state index contributed by atoms with van der Waals surface area (Å²) in [6, 6.07) is 6.24. The van der Waals surface area contributed by atoms with Gasteiger partial charge in [0.15, 0.2) is 0 Å². The van der Waals surface area contributed by atoms with Gasteiger partial charge in [-0.2, -0.15) is 0 Å². The van der Waals surface area contributed by atoms with Crippen LogP contribution in [0.5, 0.6) is 5.75 Å². The fourth-order valence-corrected chi connectivity index (χ4v) is 3.30. The minimum Gasteiger partial charge on any atom is -0.507 e. The van der Waals surface area contributed by atoms with E-state index in [0.29, 0.717) is 11.8 Å². The number of carbonyl (C=O) groups excluding carboxylic acids is 1. The first-order chi connectivity index (χ1) is 9.70. The predicted octanol–water partition coefficient (Wildman–Crippen LogP) is 1.26. The van der Waals surface area contributed by atoms with Crippen molar-refractivity contribution in [3.63, 3.8) is 0 Å². The molecule has 1 amide bonds. The van der Waals surface area contributed by atoms with Crippen LogP contribution in [0.2, 0.25) is 0 Å². The van der Waals surface area contributed by atoms with Crippen molar-refractivity contribution in [2.75, 3.05) is 0 Å². The van der Waals surface area contributed by atoms with E-state index in [1.165, 1.54) is 6.07 Å². The maximum Gasteiger partial charge on any atom is 0.269 e. The maximum absolute atomic E-state index is 12.0. The molecule has 3 atom stereocenters. The Morgan fingerprint density at radius 1 is 1.30 bits per heavy atom. The lowest BCUT2D eigenvalue weighted by Gasteiger charge is -2.24. The Bertz CT molecular complexity index is 558. The fourth-order valence-electron chi connectivity index (χ4n) is 3.30. The van der Waals surface area contributed by atoms with Crippen molar-refractivity contribution in [1.82, 2.24) is 10.9 Å². The number of fused-ring (bicyclic) bond motifs is 2. The average Bonchev–Trinajstić information content (AvgIpc) is 3.05. The Balaban J connectivity index is 1.65. The van der Waals surface area contributed by atoms with Gasteiger partial charge in [-0.15, -0.1) is 0 Å². The summed E-state index contributed by atoms with van der Waals surface area (Å²) in [5, 5.41) is 22.1. The molecule has 4 N–H and O–H groups in total. The summed E-state index contributed by atoms with van der Waals surface area (Å²) in [4.78, 5) is 12.0. The zero-order valence-corrected chi connectivity index (χ0v) is 10.9. The first kappa shape index (κ1) is 12.9. The van der Waals surface area contributed by atoms with E-state index in [1.54, 1.807) is 18.2 Å². The largest absolute Gasteiger partial charge is 0.507 e. The number of hydrogen-bond donors (Lipinski definition) is 4. The summed E-state index contributed by atoms with van der Waals surface area (Å²) in [6.45, 7) is 0. The number of aromatic hydroxyl groups is 1. The molecule has 1 aromatic rings. The van der Waals surface area contributed by atoms with E-state index in [1.807, 2.05) is 0 Å². The van der Waals surface area contributed by atoms with E-state index in [2.05, 4.69) is 16.0 Å². The van der Waals surface area contributed by atoms with Gasteiger partial charge in [0.25, 0.3) is 5.91 Å². The highest BCUT2D eigenvalue weighted by Gasteiger charge is 2.45. The Labute approximate surface area is 116 Å². The second-order valence-corrected chi connectivity index (χ2v) is 5.39. The zero-order valence-electron chi connectivity index (χ0n) is 10.9. The van der Waals surface area contributed by atoms with Crippen molar-refractivity contribution in [3.8, 4) is 5.75 Å². The van der Waals surface area contributed by atoms with Crippen LogP contribution < -0.4 is 10.9 Å². The van der Waals surface area contributed by atoms with Crippen LogP contribution in [0.15, 0.2) is 29.4 Å². The van der Waals surface area contributed by atoms with Crippen molar-refractivity contribution in [3.05, 3.63) is 29.8 Å². The lowest BCUT2D eigenvalue weighted by molar-refractivity contribution is 0.0923. The minimum atomic E-state index is -0.400. The van der Waals surface area contributed by atoms with E-state index in [-0.39, 0.29) is 17.4 Å². The van der Waals surface area contributed by atoms with Gasteiger partial charge in [-0.05, 0) is 37.3 Å². The molecule has 2 bridgehead atoms. The molecule has 0 saturated heterocycles. The summed E-state index contributed by atoms with van der Waals surface area (Å²) < 4.78 is 0. The van der Waals surface area contributed by atoms with Gasteiger partial charge in [0, 0.05) is 5.92 Å². The summed E-state index contributed by atoms with van der Waals surface area (Å²) in [6.07, 6.45) is 3.13. The van der Waals surface area contributed by atoms with Crippen molar-refractivity contribution < 1.29 is 15.1 Å². The Kier molecular flexibility index (Phi) is 3.31. The molecule has 0 unspecified atom stereocenters. The van der Waals surface area contributed by atoms with Gasteiger partial charge in [0.1, 0.15) is 5.75 Å². The molecule has 0 spiro atoms. The van der Waals surface area contributed by atoms with Crippen molar-refractivity contribution in [2.24, 2.45) is 17.0 Å². The second-order valence-electron chi connectivity index (χ2n) is 5.39. The van der Waals surface area contributed by atoms with Gasteiger partial charge in [-0.3, -0.25) is 10.2 Å². The van der Waals surface area contributed by atoms with Crippen LogP contribution >= 0.6 is 0 Å². The maximum atomic E-state index is 12.0. The minimum absolute atomic E-state index is 0.0595. The third kappa shape index (κ3) is 2.12. The molecule has 2 saturated carbocycles. The fraction of sp³-hybridized carbons (Fsp3) is 0.429. The van der Waals surface area contributed by atoms with Gasteiger partial charge < -0.3 is 10.3 Å². The van der Waals surface area contributed by atoms with Crippen LogP contribution in [-0.2, 0) is 0 Å². The number of carbonyl (C=O) groups is 1. The molecule has 2 fully saturated rings. The van der Waals surface area contributed by atoms with Crippen molar-refractivity contribution in [2.45, 2.75) is 25.3 Å². The number of nitrogens with one attached hydrogen (secondary N) is 2. The third-order valence-electron chi connectivity index (χ3n) is 4.29. The quantitative estimate of drug-likeness (QED) is 0.493. The first-order valence-electron chi connectivity index (χ1n) is 6.76. The number of nitrogens with zero attached hydrogens (tertiary/aromatic N) is 1. The molecule has 3 rings (SSSR count). The van der Waals surface area contributed by atoms with Crippen molar-refractivity contribution in [1.29, 1.82) is 0 Å². The molecular formula is C14H17N3O3. The molecule has 106 valence electrons. The molecular weight excluding hydrogens is 258 g/mol. The summed E-state index contributed by atoms with van der Waals surface area (Å²) in [5.41, 5.74) is 6.46. The lowest BCUT2D eigenvalue weighted by atomic mass is 9.94. The van der Waals surface area contributed by atoms with Crippen LogP contribution in [0.3, 0.4) is 0 Å². The monoisotopic (exact) mass is 275 g/mol. The molecule has 0 radical (unpaired) electrons. The number of hydrogen-bond acceptors (Lipinski definition) is 5. The molecule has 0 aliphatic heterocycles. The molecule has 20 heavy (non-hydrogen) atoms. The molecule has 2 aliphatic carbocycles.